The van der Waals surface area contributed by atoms with E-state index in [2.05, 4.69) is 42.5 Å². The molecule has 0 fully saturated rings. The number of fused-ring (bicyclic) bond motifs is 1. The summed E-state index contributed by atoms with van der Waals surface area (Å²) in [4.78, 5) is 0. The normalized spacial score (nSPS) is 16.9. The summed E-state index contributed by atoms with van der Waals surface area (Å²) >= 11 is 0. The zero-order valence-corrected chi connectivity index (χ0v) is 11.7. The largest absolute Gasteiger partial charge is 0.494 e. The summed E-state index contributed by atoms with van der Waals surface area (Å²) in [5.41, 5.74) is 10.1. The summed E-state index contributed by atoms with van der Waals surface area (Å²) in [5.74, 6) is 0.978. The molecule has 2 heteroatoms. The first-order valence-electron chi connectivity index (χ1n) is 7.38. The van der Waals surface area contributed by atoms with Crippen LogP contribution in [0.3, 0.4) is 0 Å². The van der Waals surface area contributed by atoms with E-state index in [1.807, 2.05) is 6.07 Å². The van der Waals surface area contributed by atoms with Crippen molar-refractivity contribution in [3.05, 3.63) is 65.2 Å². The number of nitrogens with two attached hydrogens (primary N) is 1. The number of rotatable bonds is 5. The Morgan fingerprint density at radius 2 is 1.95 bits per heavy atom. The lowest BCUT2D eigenvalue weighted by Gasteiger charge is -2.09. The van der Waals surface area contributed by atoms with Crippen LogP contribution >= 0.6 is 0 Å². The minimum atomic E-state index is 0.220. The number of hydrogen-bond donors (Lipinski definition) is 1. The van der Waals surface area contributed by atoms with Gasteiger partial charge >= 0.3 is 0 Å². The lowest BCUT2D eigenvalue weighted by atomic mass is 10.1. The van der Waals surface area contributed by atoms with E-state index in [-0.39, 0.29) is 6.04 Å². The minimum Gasteiger partial charge on any atom is -0.494 e. The van der Waals surface area contributed by atoms with Crippen molar-refractivity contribution in [3.63, 3.8) is 0 Å². The minimum absolute atomic E-state index is 0.220. The fraction of sp³-hybridized carbons (Fsp3) is 0.333. The summed E-state index contributed by atoms with van der Waals surface area (Å²) in [6, 6.07) is 17.1. The van der Waals surface area contributed by atoms with Gasteiger partial charge in [-0.1, -0.05) is 36.4 Å². The van der Waals surface area contributed by atoms with Crippen molar-refractivity contribution < 1.29 is 4.74 Å². The van der Waals surface area contributed by atoms with E-state index in [1.54, 1.807) is 0 Å². The van der Waals surface area contributed by atoms with Gasteiger partial charge in [-0.2, -0.15) is 0 Å². The summed E-state index contributed by atoms with van der Waals surface area (Å²) in [7, 11) is 0. The number of ether oxygens (including phenoxy) is 1. The molecule has 2 aromatic rings. The zero-order valence-electron chi connectivity index (χ0n) is 11.7. The molecule has 104 valence electrons. The van der Waals surface area contributed by atoms with Gasteiger partial charge in [-0.3, -0.25) is 0 Å². The van der Waals surface area contributed by atoms with Crippen LogP contribution in [0.4, 0.5) is 0 Å². The van der Waals surface area contributed by atoms with Crippen molar-refractivity contribution >= 4 is 0 Å². The monoisotopic (exact) mass is 267 g/mol. The number of benzene rings is 2. The zero-order chi connectivity index (χ0) is 13.8. The van der Waals surface area contributed by atoms with Crippen LogP contribution in [-0.2, 0) is 12.8 Å². The predicted octanol–water partition coefficient (Wildman–Crippen LogP) is 3.64. The summed E-state index contributed by atoms with van der Waals surface area (Å²) in [6.45, 7) is 0.764. The topological polar surface area (TPSA) is 35.2 Å². The van der Waals surface area contributed by atoms with E-state index < -0.39 is 0 Å². The predicted molar refractivity (Wildman–Crippen MR) is 81.9 cm³/mol. The molecule has 0 heterocycles. The van der Waals surface area contributed by atoms with Crippen molar-refractivity contribution in [2.45, 2.75) is 31.7 Å². The lowest BCUT2D eigenvalue weighted by molar-refractivity contribution is 0.311. The molecule has 2 N–H and O–H groups in total. The summed E-state index contributed by atoms with van der Waals surface area (Å²) < 4.78 is 5.85. The lowest BCUT2D eigenvalue weighted by Crippen LogP contribution is -2.05. The molecule has 0 saturated carbocycles. The van der Waals surface area contributed by atoms with Crippen LogP contribution in [0.5, 0.6) is 5.75 Å². The third-order valence-corrected chi connectivity index (χ3v) is 3.96. The van der Waals surface area contributed by atoms with Gasteiger partial charge in [0.25, 0.3) is 0 Å². The molecule has 0 aromatic heterocycles. The molecular formula is C18H21NO. The van der Waals surface area contributed by atoms with Crippen LogP contribution in [0, 0.1) is 0 Å². The molecule has 1 aliphatic carbocycles. The highest BCUT2D eigenvalue weighted by atomic mass is 16.5. The Bertz CT molecular complexity index is 565. The van der Waals surface area contributed by atoms with Crippen LogP contribution in [0.1, 0.15) is 35.6 Å². The van der Waals surface area contributed by atoms with Gasteiger partial charge in [-0.05, 0) is 54.5 Å². The summed E-state index contributed by atoms with van der Waals surface area (Å²) in [6.07, 6.45) is 4.25. The Kier molecular flexibility index (Phi) is 4.03. The molecule has 1 aliphatic rings. The first-order chi connectivity index (χ1) is 9.83. The quantitative estimate of drug-likeness (QED) is 0.839. The first kappa shape index (κ1) is 13.2. The second kappa shape index (κ2) is 6.10. The molecule has 0 spiro atoms. The molecule has 1 atom stereocenters. The van der Waals surface area contributed by atoms with Gasteiger partial charge < -0.3 is 10.5 Å². The molecule has 3 rings (SSSR count). The van der Waals surface area contributed by atoms with Crippen LogP contribution in [0.25, 0.3) is 0 Å². The van der Waals surface area contributed by atoms with Crippen molar-refractivity contribution in [2.24, 2.45) is 5.73 Å². The number of hydrogen-bond acceptors (Lipinski definition) is 2. The van der Waals surface area contributed by atoms with Crippen LogP contribution < -0.4 is 10.5 Å². The molecule has 0 aliphatic heterocycles. The molecular weight excluding hydrogens is 246 g/mol. The molecule has 20 heavy (non-hydrogen) atoms. The van der Waals surface area contributed by atoms with E-state index in [4.69, 9.17) is 10.5 Å². The van der Waals surface area contributed by atoms with Crippen molar-refractivity contribution in [1.29, 1.82) is 0 Å². The van der Waals surface area contributed by atoms with Crippen LogP contribution in [-0.4, -0.2) is 6.61 Å². The van der Waals surface area contributed by atoms with Gasteiger partial charge in [0.1, 0.15) is 5.75 Å². The Balaban J connectivity index is 1.50. The average molecular weight is 267 g/mol. The molecule has 0 radical (unpaired) electrons. The van der Waals surface area contributed by atoms with E-state index in [9.17, 15) is 0 Å². The Hall–Kier alpha value is -1.80. The molecule has 0 unspecified atom stereocenters. The molecule has 2 aromatic carbocycles. The second-order valence-electron chi connectivity index (χ2n) is 5.44. The molecule has 0 saturated heterocycles. The van der Waals surface area contributed by atoms with Gasteiger partial charge in [0.05, 0.1) is 6.61 Å². The van der Waals surface area contributed by atoms with Crippen molar-refractivity contribution in [2.75, 3.05) is 6.61 Å². The third-order valence-electron chi connectivity index (χ3n) is 3.96. The van der Waals surface area contributed by atoms with Gasteiger partial charge in [-0.25, -0.2) is 0 Å². The van der Waals surface area contributed by atoms with Crippen LogP contribution in [0.15, 0.2) is 48.5 Å². The molecule has 0 amide bonds. The van der Waals surface area contributed by atoms with Gasteiger partial charge in [-0.15, -0.1) is 0 Å². The van der Waals surface area contributed by atoms with Crippen molar-refractivity contribution in [1.82, 2.24) is 0 Å². The van der Waals surface area contributed by atoms with Gasteiger partial charge in [0.15, 0.2) is 0 Å². The van der Waals surface area contributed by atoms with Gasteiger partial charge in [0, 0.05) is 6.04 Å². The summed E-state index contributed by atoms with van der Waals surface area (Å²) in [5, 5.41) is 0. The maximum atomic E-state index is 6.04. The van der Waals surface area contributed by atoms with E-state index in [1.165, 1.54) is 16.7 Å². The Morgan fingerprint density at radius 1 is 1.10 bits per heavy atom. The van der Waals surface area contributed by atoms with E-state index in [0.29, 0.717) is 0 Å². The maximum absolute atomic E-state index is 6.04. The third kappa shape index (κ3) is 3.02. The standard InChI is InChI=1S/C18H21NO/c19-18-11-8-15-13-16(9-10-17(15)18)20-12-4-7-14-5-2-1-3-6-14/h1-3,5-6,9-10,13,18H,4,7-8,11-12,19H2/t18-/m0/s1. The molecule has 2 nitrogen and oxygen atoms in total. The van der Waals surface area contributed by atoms with E-state index in [0.717, 1.165) is 38.0 Å². The average Bonchev–Trinajstić information content (AvgIpc) is 2.86. The highest BCUT2D eigenvalue weighted by molar-refractivity contribution is 5.40. The SMILES string of the molecule is N[C@H]1CCc2cc(OCCCc3ccccc3)ccc21. The Labute approximate surface area is 120 Å². The highest BCUT2D eigenvalue weighted by Gasteiger charge is 2.18. The van der Waals surface area contributed by atoms with Crippen LogP contribution in [0.2, 0.25) is 0 Å². The van der Waals surface area contributed by atoms with E-state index >= 15 is 0 Å². The smallest absolute Gasteiger partial charge is 0.119 e. The molecule has 0 bridgehead atoms. The van der Waals surface area contributed by atoms with Gasteiger partial charge in [0.2, 0.25) is 0 Å². The first-order valence-corrected chi connectivity index (χ1v) is 7.38. The fourth-order valence-electron chi connectivity index (χ4n) is 2.83. The number of aryl methyl sites for hydroxylation is 2. The second-order valence-corrected chi connectivity index (χ2v) is 5.44. The van der Waals surface area contributed by atoms with Crippen molar-refractivity contribution in [3.8, 4) is 5.75 Å². The Morgan fingerprint density at radius 3 is 2.80 bits per heavy atom. The fourth-order valence-corrected chi connectivity index (χ4v) is 2.83. The maximum Gasteiger partial charge on any atom is 0.119 e. The highest BCUT2D eigenvalue weighted by Crippen LogP contribution is 2.31.